The molecule has 0 spiro atoms. The largest absolute Gasteiger partial charge is 0.393 e. The SMILES string of the molecule is O=C1[C@H]2[C@H](C(=O)N1c1ccc(N3CCC(O)CC3)c([N+](=O)[O-])c1)[C@H]1C=C[C@H]2C1. The smallest absolute Gasteiger partial charge is 0.294 e. The van der Waals surface area contributed by atoms with Crippen LogP contribution in [0.2, 0.25) is 0 Å². The van der Waals surface area contributed by atoms with E-state index in [4.69, 9.17) is 0 Å². The van der Waals surface area contributed by atoms with Gasteiger partial charge in [0.1, 0.15) is 5.69 Å². The van der Waals surface area contributed by atoms with Crippen LogP contribution in [0.5, 0.6) is 0 Å². The molecule has 0 aromatic heterocycles. The second-order valence-electron chi connectivity index (χ2n) is 8.16. The fraction of sp³-hybridized carbons (Fsp3) is 0.500. The lowest BCUT2D eigenvalue weighted by Crippen LogP contribution is -2.36. The molecule has 2 bridgehead atoms. The highest BCUT2D eigenvalue weighted by Gasteiger charge is 2.59. The molecule has 3 fully saturated rings. The molecule has 2 aliphatic heterocycles. The number of nitrogens with zero attached hydrogens (tertiary/aromatic N) is 3. The number of carbonyl (C=O) groups excluding carboxylic acids is 2. The molecule has 5 rings (SSSR count). The topological polar surface area (TPSA) is 104 Å². The highest BCUT2D eigenvalue weighted by molar-refractivity contribution is 6.23. The van der Waals surface area contributed by atoms with Crippen molar-refractivity contribution in [3.63, 3.8) is 0 Å². The summed E-state index contributed by atoms with van der Waals surface area (Å²) in [6, 6.07) is 4.58. The summed E-state index contributed by atoms with van der Waals surface area (Å²) >= 11 is 0. The van der Waals surface area contributed by atoms with Crippen LogP contribution in [0.25, 0.3) is 0 Å². The zero-order valence-corrected chi connectivity index (χ0v) is 15.2. The molecule has 1 N–H and O–H groups in total. The normalized spacial score (nSPS) is 31.8. The molecule has 4 atom stereocenters. The van der Waals surface area contributed by atoms with Gasteiger partial charge in [0.05, 0.1) is 28.6 Å². The highest BCUT2D eigenvalue weighted by atomic mass is 16.6. The summed E-state index contributed by atoms with van der Waals surface area (Å²) in [6.07, 6.45) is 5.63. The zero-order chi connectivity index (χ0) is 19.6. The van der Waals surface area contributed by atoms with Crippen LogP contribution < -0.4 is 9.80 Å². The number of hydrogen-bond acceptors (Lipinski definition) is 6. The molecule has 0 unspecified atom stereocenters. The summed E-state index contributed by atoms with van der Waals surface area (Å²) < 4.78 is 0. The molecule has 1 aromatic carbocycles. The van der Waals surface area contributed by atoms with Crippen LogP contribution in [0.3, 0.4) is 0 Å². The van der Waals surface area contributed by atoms with Crippen molar-refractivity contribution in [3.8, 4) is 0 Å². The van der Waals surface area contributed by atoms with Crippen molar-refractivity contribution in [1.29, 1.82) is 0 Å². The predicted octanol–water partition coefficient (Wildman–Crippen LogP) is 1.87. The molecular formula is C20H21N3O5. The summed E-state index contributed by atoms with van der Waals surface area (Å²) in [5, 5.41) is 21.4. The molecule has 8 heteroatoms. The molecule has 8 nitrogen and oxygen atoms in total. The molecule has 4 aliphatic rings. The fourth-order valence-electron chi connectivity index (χ4n) is 5.33. The number of hydrogen-bond donors (Lipinski definition) is 1. The Bertz CT molecular complexity index is 875. The Hall–Kier alpha value is -2.74. The number of aliphatic hydroxyl groups excluding tert-OH is 1. The Morgan fingerprint density at radius 1 is 1.04 bits per heavy atom. The Morgan fingerprint density at radius 3 is 2.21 bits per heavy atom. The van der Waals surface area contributed by atoms with E-state index in [1.165, 1.54) is 6.07 Å². The van der Waals surface area contributed by atoms with Crippen LogP contribution in [0.4, 0.5) is 17.1 Å². The summed E-state index contributed by atoms with van der Waals surface area (Å²) in [7, 11) is 0. The maximum Gasteiger partial charge on any atom is 0.294 e. The molecule has 0 radical (unpaired) electrons. The van der Waals surface area contributed by atoms with E-state index in [1.54, 1.807) is 12.1 Å². The van der Waals surface area contributed by atoms with Crippen molar-refractivity contribution in [2.75, 3.05) is 22.9 Å². The number of nitro groups is 1. The van der Waals surface area contributed by atoms with Gasteiger partial charge < -0.3 is 10.0 Å². The number of amides is 2. The number of benzene rings is 1. The van der Waals surface area contributed by atoms with E-state index >= 15 is 0 Å². The van der Waals surface area contributed by atoms with Crippen LogP contribution >= 0.6 is 0 Å². The van der Waals surface area contributed by atoms with Crippen molar-refractivity contribution >= 4 is 28.9 Å². The number of rotatable bonds is 3. The van der Waals surface area contributed by atoms with Gasteiger partial charge in [-0.25, -0.2) is 4.90 Å². The molecular weight excluding hydrogens is 362 g/mol. The van der Waals surface area contributed by atoms with Gasteiger partial charge in [-0.15, -0.1) is 0 Å². The van der Waals surface area contributed by atoms with Crippen LogP contribution in [0, 0.1) is 33.8 Å². The number of imide groups is 1. The van der Waals surface area contributed by atoms with Crippen LogP contribution in [0.15, 0.2) is 30.4 Å². The lowest BCUT2D eigenvalue weighted by molar-refractivity contribution is -0.384. The van der Waals surface area contributed by atoms with E-state index in [2.05, 4.69) is 0 Å². The van der Waals surface area contributed by atoms with Crippen LogP contribution in [-0.4, -0.2) is 41.0 Å². The number of fused-ring (bicyclic) bond motifs is 5. The first-order valence-corrected chi connectivity index (χ1v) is 9.73. The molecule has 28 heavy (non-hydrogen) atoms. The van der Waals surface area contributed by atoms with Gasteiger partial charge in [0.15, 0.2) is 0 Å². The van der Waals surface area contributed by atoms with Crippen molar-refractivity contribution in [2.45, 2.75) is 25.4 Å². The van der Waals surface area contributed by atoms with Crippen molar-refractivity contribution in [3.05, 3.63) is 40.5 Å². The molecule has 1 saturated carbocycles. The third kappa shape index (κ3) is 2.40. The molecule has 2 amide bonds. The lowest BCUT2D eigenvalue weighted by Gasteiger charge is -2.31. The Balaban J connectivity index is 1.48. The quantitative estimate of drug-likeness (QED) is 0.370. The minimum absolute atomic E-state index is 0.102. The van der Waals surface area contributed by atoms with Crippen LogP contribution in [0.1, 0.15) is 19.3 Å². The zero-order valence-electron chi connectivity index (χ0n) is 15.2. The predicted molar refractivity (Wildman–Crippen MR) is 101 cm³/mol. The van der Waals surface area contributed by atoms with Gasteiger partial charge >= 0.3 is 0 Å². The molecule has 146 valence electrons. The molecule has 1 aromatic rings. The first kappa shape index (κ1) is 17.4. The van der Waals surface area contributed by atoms with Crippen molar-refractivity contribution in [2.24, 2.45) is 23.7 Å². The van der Waals surface area contributed by atoms with Crippen molar-refractivity contribution in [1.82, 2.24) is 0 Å². The maximum atomic E-state index is 13.0. The Labute approximate surface area is 161 Å². The van der Waals surface area contributed by atoms with E-state index in [9.17, 15) is 24.8 Å². The second-order valence-corrected chi connectivity index (χ2v) is 8.16. The van der Waals surface area contributed by atoms with Gasteiger partial charge in [0.25, 0.3) is 5.69 Å². The number of allylic oxidation sites excluding steroid dienone is 2. The van der Waals surface area contributed by atoms with Gasteiger partial charge in [-0.2, -0.15) is 0 Å². The van der Waals surface area contributed by atoms with Gasteiger partial charge in [0.2, 0.25) is 11.8 Å². The van der Waals surface area contributed by atoms with Gasteiger partial charge in [-0.3, -0.25) is 19.7 Å². The standard InChI is InChI=1S/C20H21N3O5/c24-14-5-7-21(8-6-14)15-4-3-13(10-16(15)23(27)28)22-19(25)17-11-1-2-12(9-11)18(17)20(22)26/h1-4,10-12,14,17-18,24H,5-9H2/t11-,12-,17+,18+/m0/s1. The average Bonchev–Trinajstić information content (AvgIpc) is 3.36. The summed E-state index contributed by atoms with van der Waals surface area (Å²) in [4.78, 5) is 40.2. The number of anilines is 2. The summed E-state index contributed by atoms with van der Waals surface area (Å²) in [5.41, 5.74) is 0.616. The Morgan fingerprint density at radius 2 is 1.64 bits per heavy atom. The first-order chi connectivity index (χ1) is 13.5. The average molecular weight is 383 g/mol. The van der Waals surface area contributed by atoms with E-state index in [0.717, 1.165) is 11.3 Å². The molecule has 2 heterocycles. The fourth-order valence-corrected chi connectivity index (χ4v) is 5.33. The number of aliphatic hydroxyl groups is 1. The highest BCUT2D eigenvalue weighted by Crippen LogP contribution is 2.53. The van der Waals surface area contributed by atoms with Gasteiger partial charge in [-0.1, -0.05) is 12.2 Å². The van der Waals surface area contributed by atoms with E-state index in [0.29, 0.717) is 31.6 Å². The minimum Gasteiger partial charge on any atom is -0.393 e. The van der Waals surface area contributed by atoms with Crippen molar-refractivity contribution < 1.29 is 19.6 Å². The first-order valence-electron chi connectivity index (χ1n) is 9.73. The molecule has 2 saturated heterocycles. The van der Waals surface area contributed by atoms with E-state index in [1.807, 2.05) is 17.1 Å². The second kappa shape index (κ2) is 6.13. The number of carbonyl (C=O) groups is 2. The minimum atomic E-state index is -0.471. The maximum absolute atomic E-state index is 13.0. The summed E-state index contributed by atoms with van der Waals surface area (Å²) in [5.74, 6) is -0.935. The van der Waals surface area contributed by atoms with E-state index < -0.39 is 4.92 Å². The van der Waals surface area contributed by atoms with E-state index in [-0.39, 0.29) is 53.0 Å². The third-order valence-corrected chi connectivity index (χ3v) is 6.69. The Kier molecular flexibility index (Phi) is 3.80. The molecule has 2 aliphatic carbocycles. The monoisotopic (exact) mass is 383 g/mol. The third-order valence-electron chi connectivity index (χ3n) is 6.69. The lowest BCUT2D eigenvalue weighted by atomic mass is 9.85. The van der Waals surface area contributed by atoms with Crippen LogP contribution in [-0.2, 0) is 9.59 Å². The summed E-state index contributed by atoms with van der Waals surface area (Å²) in [6.45, 7) is 1.06. The number of piperidine rings is 1. The number of nitro benzene ring substituents is 1. The van der Waals surface area contributed by atoms with Gasteiger partial charge in [0, 0.05) is 19.2 Å². The van der Waals surface area contributed by atoms with Gasteiger partial charge in [-0.05, 0) is 43.2 Å².